The van der Waals surface area contributed by atoms with Crippen molar-refractivity contribution in [3.05, 3.63) is 24.6 Å². The average Bonchev–Trinajstić information content (AvgIpc) is 2.90. The van der Waals surface area contributed by atoms with Crippen molar-refractivity contribution in [3.8, 4) is 0 Å². The fourth-order valence-electron chi connectivity index (χ4n) is 3.33. The molecule has 4 heteroatoms. The van der Waals surface area contributed by atoms with Crippen molar-refractivity contribution >= 4 is 5.91 Å². The van der Waals surface area contributed by atoms with Gasteiger partial charge < -0.3 is 10.6 Å². The van der Waals surface area contributed by atoms with Crippen LogP contribution in [0, 0.1) is 0 Å². The molecular formula is C18H34N3O+. The summed E-state index contributed by atoms with van der Waals surface area (Å²) in [4.78, 5) is 11.4. The number of hydrogen-bond donors (Lipinski definition) is 2. The molecule has 0 aliphatic carbocycles. The maximum absolute atomic E-state index is 11.4. The Balaban J connectivity index is 2.44. The molecule has 1 amide bonds. The van der Waals surface area contributed by atoms with Gasteiger partial charge in [-0.3, -0.25) is 9.28 Å². The van der Waals surface area contributed by atoms with Crippen LogP contribution >= 0.6 is 0 Å². The van der Waals surface area contributed by atoms with Crippen LogP contribution in [-0.2, 0) is 4.79 Å². The van der Waals surface area contributed by atoms with Gasteiger partial charge in [0.1, 0.15) is 6.20 Å². The Labute approximate surface area is 136 Å². The Kier molecular flexibility index (Phi) is 8.25. The largest absolute Gasteiger partial charge is 0.338 e. The highest BCUT2D eigenvalue weighted by Crippen LogP contribution is 2.25. The number of quaternary nitrogens is 1. The van der Waals surface area contributed by atoms with E-state index in [0.29, 0.717) is 6.17 Å². The minimum atomic E-state index is 0.0419. The summed E-state index contributed by atoms with van der Waals surface area (Å²) in [5.41, 5.74) is 0. The highest BCUT2D eigenvalue weighted by atomic mass is 16.1. The molecule has 3 unspecified atom stereocenters. The van der Waals surface area contributed by atoms with E-state index in [2.05, 4.69) is 56.0 Å². The monoisotopic (exact) mass is 308 g/mol. The van der Waals surface area contributed by atoms with Crippen molar-refractivity contribution in [2.75, 3.05) is 6.54 Å². The second-order valence-electron chi connectivity index (χ2n) is 6.20. The van der Waals surface area contributed by atoms with E-state index in [0.717, 1.165) is 23.9 Å². The zero-order valence-electron chi connectivity index (χ0n) is 14.8. The van der Waals surface area contributed by atoms with Gasteiger partial charge in [-0.15, -0.1) is 0 Å². The van der Waals surface area contributed by atoms with Gasteiger partial charge in [-0.2, -0.15) is 0 Å². The molecule has 1 aliphatic rings. The van der Waals surface area contributed by atoms with Gasteiger partial charge in [0.05, 0.1) is 12.7 Å². The molecule has 0 radical (unpaired) electrons. The third kappa shape index (κ3) is 5.16. The predicted octanol–water partition coefficient (Wildman–Crippen LogP) is 3.62. The van der Waals surface area contributed by atoms with Gasteiger partial charge >= 0.3 is 0 Å². The molecule has 1 rings (SSSR count). The van der Waals surface area contributed by atoms with Gasteiger partial charge in [-0.1, -0.05) is 25.5 Å². The Bertz CT molecular complexity index is 392. The number of unbranched alkanes of at least 4 members (excludes halogenated alkanes) is 3. The average molecular weight is 308 g/mol. The number of rotatable bonds is 10. The Morgan fingerprint density at radius 2 is 2.09 bits per heavy atom. The molecule has 0 aromatic heterocycles. The molecule has 3 atom stereocenters. The lowest BCUT2D eigenvalue weighted by molar-refractivity contribution is -0.923. The predicted molar refractivity (Wildman–Crippen MR) is 92.7 cm³/mol. The van der Waals surface area contributed by atoms with Gasteiger partial charge in [0.15, 0.2) is 12.3 Å². The lowest BCUT2D eigenvalue weighted by Gasteiger charge is -2.41. The quantitative estimate of drug-likeness (QED) is 0.368. The van der Waals surface area contributed by atoms with Crippen LogP contribution in [0.3, 0.4) is 0 Å². The number of allylic oxidation sites excluding steroid dienone is 2. The molecule has 0 aromatic carbocycles. The van der Waals surface area contributed by atoms with E-state index in [4.69, 9.17) is 0 Å². The minimum Gasteiger partial charge on any atom is -0.338 e. The fraction of sp³-hybridized carbons (Fsp3) is 0.722. The lowest BCUT2D eigenvalue weighted by Crippen LogP contribution is -2.62. The second kappa shape index (κ2) is 9.67. The number of nitrogens with one attached hydrogen (secondary N) is 2. The molecule has 126 valence electrons. The Hall–Kier alpha value is -1.29. The Morgan fingerprint density at radius 1 is 1.32 bits per heavy atom. The van der Waals surface area contributed by atoms with Crippen LogP contribution < -0.4 is 10.6 Å². The number of hydrogen-bond acceptors (Lipinski definition) is 2. The van der Waals surface area contributed by atoms with Crippen molar-refractivity contribution in [1.29, 1.82) is 0 Å². The highest BCUT2D eigenvalue weighted by molar-refractivity contribution is 5.72. The molecule has 22 heavy (non-hydrogen) atoms. The van der Waals surface area contributed by atoms with E-state index in [-0.39, 0.29) is 12.1 Å². The van der Waals surface area contributed by atoms with Crippen molar-refractivity contribution in [3.63, 3.8) is 0 Å². The minimum absolute atomic E-state index is 0.0419. The summed E-state index contributed by atoms with van der Waals surface area (Å²) >= 11 is 0. The van der Waals surface area contributed by atoms with Crippen molar-refractivity contribution in [2.24, 2.45) is 0 Å². The number of carbonyl (C=O) groups excluding carboxylic acids is 1. The lowest BCUT2D eigenvalue weighted by atomic mass is 10.1. The van der Waals surface area contributed by atoms with E-state index < -0.39 is 0 Å². The van der Waals surface area contributed by atoms with Crippen LogP contribution in [0.5, 0.6) is 0 Å². The van der Waals surface area contributed by atoms with E-state index in [9.17, 15) is 4.79 Å². The van der Waals surface area contributed by atoms with E-state index in [1.807, 2.05) is 0 Å². The van der Waals surface area contributed by atoms with Crippen molar-refractivity contribution in [2.45, 2.75) is 78.6 Å². The molecule has 4 nitrogen and oxygen atoms in total. The summed E-state index contributed by atoms with van der Waals surface area (Å²) in [6.07, 6.45) is 16.5. The van der Waals surface area contributed by atoms with Gasteiger partial charge in [-0.25, -0.2) is 0 Å². The van der Waals surface area contributed by atoms with E-state index in [1.165, 1.54) is 25.7 Å². The maximum Gasteiger partial charge on any atom is 0.221 e. The summed E-state index contributed by atoms with van der Waals surface area (Å²) in [5.74, 6) is 0.0419. The van der Waals surface area contributed by atoms with Crippen LogP contribution in [0.4, 0.5) is 0 Å². The first-order valence-electron chi connectivity index (χ1n) is 8.79. The second-order valence-corrected chi connectivity index (χ2v) is 6.20. The molecule has 1 heterocycles. The molecule has 0 spiro atoms. The van der Waals surface area contributed by atoms with Gasteiger partial charge in [0, 0.05) is 20.3 Å². The highest BCUT2D eigenvalue weighted by Gasteiger charge is 2.41. The van der Waals surface area contributed by atoms with Gasteiger partial charge in [-0.05, 0) is 32.6 Å². The summed E-state index contributed by atoms with van der Waals surface area (Å²) in [6.45, 7) is 9.04. The van der Waals surface area contributed by atoms with Gasteiger partial charge in [0.2, 0.25) is 5.91 Å². The molecule has 2 N–H and O–H groups in total. The van der Waals surface area contributed by atoms with Gasteiger partial charge in [0.25, 0.3) is 0 Å². The number of nitrogens with zero attached hydrogens (tertiary/aromatic N) is 1. The SMILES string of the molecule is CC/C=C/CCCCCC1NC=C[N+]1(CC)C(C)NC(C)=O. The molecule has 0 saturated heterocycles. The van der Waals surface area contributed by atoms with Crippen LogP contribution in [0.2, 0.25) is 0 Å². The smallest absolute Gasteiger partial charge is 0.221 e. The molecule has 0 fully saturated rings. The Morgan fingerprint density at radius 3 is 2.73 bits per heavy atom. The van der Waals surface area contributed by atoms with Crippen LogP contribution in [0.25, 0.3) is 0 Å². The van der Waals surface area contributed by atoms with Crippen LogP contribution in [0.15, 0.2) is 24.6 Å². The summed E-state index contributed by atoms with van der Waals surface area (Å²) in [7, 11) is 0. The molecule has 0 aromatic rings. The van der Waals surface area contributed by atoms with E-state index in [1.54, 1.807) is 6.92 Å². The topological polar surface area (TPSA) is 41.1 Å². The maximum atomic E-state index is 11.4. The first kappa shape index (κ1) is 18.8. The summed E-state index contributed by atoms with van der Waals surface area (Å²) in [5, 5.41) is 6.55. The first-order valence-corrected chi connectivity index (χ1v) is 8.79. The first-order chi connectivity index (χ1) is 10.6. The van der Waals surface area contributed by atoms with Crippen LogP contribution in [-0.4, -0.2) is 29.3 Å². The van der Waals surface area contributed by atoms with Crippen molar-refractivity contribution < 1.29 is 9.28 Å². The van der Waals surface area contributed by atoms with E-state index >= 15 is 0 Å². The standard InChI is InChI=1S/C18H33N3O/c1-5-7-8-9-10-11-12-13-18-19-14-15-21(18,6-2)16(3)20-17(4)22/h7-8,14-16,18-19H,5-6,9-13H2,1-4H3/p+1/b8-7+. The zero-order chi connectivity index (χ0) is 16.4. The third-order valence-electron chi connectivity index (χ3n) is 4.65. The summed E-state index contributed by atoms with van der Waals surface area (Å²) < 4.78 is 0.801. The van der Waals surface area contributed by atoms with Crippen molar-refractivity contribution in [1.82, 2.24) is 10.6 Å². The number of amides is 1. The molecular weight excluding hydrogens is 274 g/mol. The number of carbonyl (C=O) groups is 1. The van der Waals surface area contributed by atoms with Crippen LogP contribution in [0.1, 0.15) is 66.2 Å². The fourth-order valence-corrected chi connectivity index (χ4v) is 3.33. The molecule has 1 aliphatic heterocycles. The zero-order valence-corrected chi connectivity index (χ0v) is 14.8. The summed E-state index contributed by atoms with van der Waals surface area (Å²) in [6, 6.07) is 0. The normalized spacial score (nSPS) is 25.4. The third-order valence-corrected chi connectivity index (χ3v) is 4.65. The molecule has 0 bridgehead atoms. The molecule has 0 saturated carbocycles.